The third kappa shape index (κ3) is 2.93. The van der Waals surface area contributed by atoms with E-state index < -0.39 is 0 Å². The SMILES string of the molecule is COC1CCN(c2cccc(-c3nc(-c4ccc(C)o4)nc4nc[nH]c34)c2)C1. The molecule has 0 spiro atoms. The summed E-state index contributed by atoms with van der Waals surface area (Å²) in [6.07, 6.45) is 2.98. The van der Waals surface area contributed by atoms with E-state index in [9.17, 15) is 0 Å². The van der Waals surface area contributed by atoms with Crippen LogP contribution in [0.25, 0.3) is 34.0 Å². The number of ether oxygens (including phenoxy) is 1. The molecule has 1 unspecified atom stereocenters. The lowest BCUT2D eigenvalue weighted by molar-refractivity contribution is 0.121. The van der Waals surface area contributed by atoms with Crippen LogP contribution in [0, 0.1) is 6.92 Å². The Morgan fingerprint density at radius 1 is 1.21 bits per heavy atom. The van der Waals surface area contributed by atoms with Gasteiger partial charge >= 0.3 is 0 Å². The number of rotatable bonds is 4. The summed E-state index contributed by atoms with van der Waals surface area (Å²) in [7, 11) is 1.78. The molecule has 28 heavy (non-hydrogen) atoms. The van der Waals surface area contributed by atoms with E-state index in [1.807, 2.05) is 19.1 Å². The number of hydrogen-bond donors (Lipinski definition) is 1. The van der Waals surface area contributed by atoms with Gasteiger partial charge < -0.3 is 19.0 Å². The molecule has 0 aliphatic carbocycles. The molecule has 5 rings (SSSR count). The zero-order chi connectivity index (χ0) is 19.1. The molecule has 0 amide bonds. The Bertz CT molecular complexity index is 1130. The predicted molar refractivity (Wildman–Crippen MR) is 107 cm³/mol. The number of aromatic amines is 1. The molecule has 1 N–H and O–H groups in total. The van der Waals surface area contributed by atoms with Crippen molar-refractivity contribution in [2.24, 2.45) is 0 Å². The molecule has 1 atom stereocenters. The number of methoxy groups -OCH3 is 1. The predicted octanol–water partition coefficient (Wildman–Crippen LogP) is 3.81. The van der Waals surface area contributed by atoms with Crippen molar-refractivity contribution in [1.82, 2.24) is 19.9 Å². The van der Waals surface area contributed by atoms with Crippen molar-refractivity contribution in [2.75, 3.05) is 25.1 Å². The Labute approximate surface area is 162 Å². The highest BCUT2D eigenvalue weighted by Gasteiger charge is 2.23. The summed E-state index contributed by atoms with van der Waals surface area (Å²) in [6, 6.07) is 12.2. The quantitative estimate of drug-likeness (QED) is 0.584. The Morgan fingerprint density at radius 2 is 2.14 bits per heavy atom. The minimum Gasteiger partial charge on any atom is -0.458 e. The number of nitrogens with one attached hydrogen (secondary N) is 1. The average molecular weight is 375 g/mol. The minimum atomic E-state index is 0.288. The maximum Gasteiger partial charge on any atom is 0.198 e. The van der Waals surface area contributed by atoms with Crippen molar-refractivity contribution in [2.45, 2.75) is 19.4 Å². The van der Waals surface area contributed by atoms with Crippen LogP contribution >= 0.6 is 0 Å². The van der Waals surface area contributed by atoms with Gasteiger partial charge in [-0.25, -0.2) is 15.0 Å². The second-order valence-electron chi connectivity index (χ2n) is 7.05. The number of hydrogen-bond acceptors (Lipinski definition) is 6. The molecule has 1 aliphatic rings. The van der Waals surface area contributed by atoms with Gasteiger partial charge in [0.1, 0.15) is 17.0 Å². The average Bonchev–Trinajstić information content (AvgIpc) is 3.47. The zero-order valence-electron chi connectivity index (χ0n) is 15.8. The molecule has 3 aromatic heterocycles. The molecule has 0 saturated carbocycles. The molecule has 4 aromatic rings. The van der Waals surface area contributed by atoms with Crippen molar-refractivity contribution in [3.8, 4) is 22.8 Å². The van der Waals surface area contributed by atoms with Gasteiger partial charge in [-0.1, -0.05) is 12.1 Å². The van der Waals surface area contributed by atoms with Crippen LogP contribution in [-0.2, 0) is 4.74 Å². The number of benzene rings is 1. The molecular formula is C21H21N5O2. The Balaban J connectivity index is 1.59. The first-order chi connectivity index (χ1) is 13.7. The third-order valence-electron chi connectivity index (χ3n) is 5.21. The molecule has 1 aliphatic heterocycles. The molecule has 0 radical (unpaired) electrons. The molecule has 4 heterocycles. The highest BCUT2D eigenvalue weighted by Crippen LogP contribution is 2.31. The summed E-state index contributed by atoms with van der Waals surface area (Å²) in [5.74, 6) is 2.00. The first-order valence-corrected chi connectivity index (χ1v) is 9.37. The maximum atomic E-state index is 5.73. The summed E-state index contributed by atoms with van der Waals surface area (Å²) >= 11 is 0. The van der Waals surface area contributed by atoms with Crippen LogP contribution in [0.5, 0.6) is 0 Å². The fourth-order valence-electron chi connectivity index (χ4n) is 3.71. The number of nitrogens with zero attached hydrogens (tertiary/aromatic N) is 4. The third-order valence-corrected chi connectivity index (χ3v) is 5.21. The first kappa shape index (κ1) is 16.9. The maximum absolute atomic E-state index is 5.73. The van der Waals surface area contributed by atoms with E-state index in [0.717, 1.165) is 42.0 Å². The monoisotopic (exact) mass is 375 g/mol. The molecule has 0 bridgehead atoms. The number of aromatic nitrogens is 4. The summed E-state index contributed by atoms with van der Waals surface area (Å²) < 4.78 is 11.2. The van der Waals surface area contributed by atoms with Crippen molar-refractivity contribution < 1.29 is 9.15 Å². The van der Waals surface area contributed by atoms with Crippen molar-refractivity contribution in [3.63, 3.8) is 0 Å². The number of fused-ring (bicyclic) bond motifs is 1. The highest BCUT2D eigenvalue weighted by molar-refractivity contribution is 5.89. The van der Waals surface area contributed by atoms with E-state index in [0.29, 0.717) is 17.2 Å². The molecule has 1 fully saturated rings. The van der Waals surface area contributed by atoms with Crippen LogP contribution in [-0.4, -0.2) is 46.2 Å². The second-order valence-corrected chi connectivity index (χ2v) is 7.05. The van der Waals surface area contributed by atoms with Gasteiger partial charge in [-0.2, -0.15) is 0 Å². The van der Waals surface area contributed by atoms with Crippen LogP contribution in [0.1, 0.15) is 12.2 Å². The van der Waals surface area contributed by atoms with Gasteiger partial charge in [-0.05, 0) is 37.6 Å². The zero-order valence-corrected chi connectivity index (χ0v) is 15.8. The van der Waals surface area contributed by atoms with Crippen LogP contribution in [0.4, 0.5) is 5.69 Å². The summed E-state index contributed by atoms with van der Waals surface area (Å²) in [4.78, 5) is 19.2. The number of aryl methyl sites for hydroxylation is 1. The van der Waals surface area contributed by atoms with Crippen LogP contribution < -0.4 is 4.90 Å². The van der Waals surface area contributed by atoms with Crippen molar-refractivity contribution >= 4 is 16.9 Å². The molecular weight excluding hydrogens is 354 g/mol. The second kappa shape index (κ2) is 6.76. The Morgan fingerprint density at radius 3 is 2.93 bits per heavy atom. The van der Waals surface area contributed by atoms with Gasteiger partial charge in [0.25, 0.3) is 0 Å². The van der Waals surface area contributed by atoms with Gasteiger partial charge in [0.2, 0.25) is 0 Å². The number of anilines is 1. The van der Waals surface area contributed by atoms with Crippen molar-refractivity contribution in [1.29, 1.82) is 0 Å². The Kier molecular flexibility index (Phi) is 4.09. The normalized spacial score (nSPS) is 16.9. The first-order valence-electron chi connectivity index (χ1n) is 9.37. The largest absolute Gasteiger partial charge is 0.458 e. The molecule has 7 nitrogen and oxygen atoms in total. The van der Waals surface area contributed by atoms with Crippen LogP contribution in [0.3, 0.4) is 0 Å². The fraction of sp³-hybridized carbons (Fsp3) is 0.286. The van der Waals surface area contributed by atoms with E-state index in [1.165, 1.54) is 5.69 Å². The number of imidazole rings is 1. The van der Waals surface area contributed by atoms with E-state index in [4.69, 9.17) is 14.1 Å². The van der Waals surface area contributed by atoms with Crippen LogP contribution in [0.15, 0.2) is 47.1 Å². The van der Waals surface area contributed by atoms with Gasteiger partial charge in [0.05, 0.1) is 12.4 Å². The molecule has 142 valence electrons. The van der Waals surface area contributed by atoms with Crippen molar-refractivity contribution in [3.05, 3.63) is 48.5 Å². The molecule has 1 saturated heterocycles. The number of H-pyrrole nitrogens is 1. The lowest BCUT2D eigenvalue weighted by Crippen LogP contribution is -2.22. The standard InChI is InChI=1S/C21H21N5O2/c1-13-6-7-17(28-13)20-24-18(19-21(25-20)23-12-22-19)14-4-3-5-15(10-14)26-9-8-16(11-26)27-2/h3-7,10,12,16H,8-9,11H2,1-2H3,(H,22,23,24,25). The van der Waals surface area contributed by atoms with E-state index in [1.54, 1.807) is 13.4 Å². The lowest BCUT2D eigenvalue weighted by Gasteiger charge is -2.19. The molecule has 7 heteroatoms. The smallest absolute Gasteiger partial charge is 0.198 e. The minimum absolute atomic E-state index is 0.288. The number of furan rings is 1. The van der Waals surface area contributed by atoms with E-state index in [2.05, 4.69) is 44.1 Å². The summed E-state index contributed by atoms with van der Waals surface area (Å²) in [5, 5.41) is 0. The van der Waals surface area contributed by atoms with Gasteiger partial charge in [0, 0.05) is 31.5 Å². The lowest BCUT2D eigenvalue weighted by atomic mass is 10.1. The summed E-state index contributed by atoms with van der Waals surface area (Å²) in [5.41, 5.74) is 4.44. The fourth-order valence-corrected chi connectivity index (χ4v) is 3.71. The van der Waals surface area contributed by atoms with Gasteiger partial charge in [0.15, 0.2) is 17.2 Å². The summed E-state index contributed by atoms with van der Waals surface area (Å²) in [6.45, 7) is 3.80. The van der Waals surface area contributed by atoms with Gasteiger partial charge in [-0.3, -0.25) is 0 Å². The Hall–Kier alpha value is -3.19. The van der Waals surface area contributed by atoms with Gasteiger partial charge in [-0.15, -0.1) is 0 Å². The van der Waals surface area contributed by atoms with E-state index >= 15 is 0 Å². The molecule has 1 aromatic carbocycles. The van der Waals surface area contributed by atoms with E-state index in [-0.39, 0.29) is 6.10 Å². The highest BCUT2D eigenvalue weighted by atomic mass is 16.5. The van der Waals surface area contributed by atoms with Crippen LogP contribution in [0.2, 0.25) is 0 Å². The topological polar surface area (TPSA) is 80.1 Å².